The van der Waals surface area contributed by atoms with Gasteiger partial charge in [-0.1, -0.05) is 0 Å². The summed E-state index contributed by atoms with van der Waals surface area (Å²) in [5, 5.41) is 9.44. The minimum atomic E-state index is -0.826. The van der Waals surface area contributed by atoms with E-state index in [1.54, 1.807) is 4.90 Å². The van der Waals surface area contributed by atoms with Gasteiger partial charge in [-0.15, -0.1) is 0 Å². The first-order valence-electron chi connectivity index (χ1n) is 7.80. The van der Waals surface area contributed by atoms with Crippen molar-refractivity contribution in [1.82, 2.24) is 4.90 Å². The highest BCUT2D eigenvalue weighted by Gasteiger charge is 2.54. The molecule has 3 rings (SSSR count). The van der Waals surface area contributed by atoms with Crippen LogP contribution in [0.15, 0.2) is 0 Å². The predicted molar refractivity (Wildman–Crippen MR) is 73.9 cm³/mol. The molecular weight excluding hydrogens is 272 g/mol. The minimum absolute atomic E-state index is 0.0162. The Morgan fingerprint density at radius 1 is 0.952 bits per heavy atom. The van der Waals surface area contributed by atoms with E-state index in [-0.39, 0.29) is 35.5 Å². The zero-order chi connectivity index (χ0) is 15.1. The second kappa shape index (κ2) is 5.31. The van der Waals surface area contributed by atoms with Crippen molar-refractivity contribution < 1.29 is 19.5 Å². The van der Waals surface area contributed by atoms with Gasteiger partial charge in [-0.3, -0.25) is 14.4 Å². The molecule has 0 aromatic rings. The molecule has 1 heterocycles. The molecule has 0 unspecified atom stereocenters. The van der Waals surface area contributed by atoms with Crippen LogP contribution in [0.5, 0.6) is 0 Å². The van der Waals surface area contributed by atoms with Gasteiger partial charge in [-0.05, 0) is 43.9 Å². The molecule has 6 nitrogen and oxygen atoms in total. The number of carbonyl (C=O) groups excluding carboxylic acids is 2. The second-order valence-corrected chi connectivity index (χ2v) is 6.72. The van der Waals surface area contributed by atoms with Crippen LogP contribution in [-0.4, -0.2) is 40.9 Å². The van der Waals surface area contributed by atoms with E-state index in [4.69, 9.17) is 5.73 Å². The van der Waals surface area contributed by atoms with Crippen LogP contribution in [0.1, 0.15) is 32.1 Å². The number of carboxylic acid groups (broad SMARTS) is 1. The molecule has 3 aliphatic rings. The fourth-order valence-electron chi connectivity index (χ4n) is 4.60. The van der Waals surface area contributed by atoms with E-state index in [2.05, 4.69) is 0 Å². The zero-order valence-electron chi connectivity index (χ0n) is 12.0. The highest BCUT2D eigenvalue weighted by molar-refractivity contribution is 5.86. The Morgan fingerprint density at radius 2 is 1.52 bits per heavy atom. The van der Waals surface area contributed by atoms with E-state index >= 15 is 0 Å². The van der Waals surface area contributed by atoms with Gasteiger partial charge < -0.3 is 15.7 Å². The molecule has 116 valence electrons. The van der Waals surface area contributed by atoms with Crippen molar-refractivity contribution in [3.8, 4) is 0 Å². The molecule has 2 bridgehead atoms. The Balaban J connectivity index is 1.68. The first-order valence-corrected chi connectivity index (χ1v) is 7.80. The van der Waals surface area contributed by atoms with Gasteiger partial charge in [0.25, 0.3) is 0 Å². The largest absolute Gasteiger partial charge is 0.481 e. The fourth-order valence-corrected chi connectivity index (χ4v) is 4.60. The number of carboxylic acids is 1. The lowest BCUT2D eigenvalue weighted by Gasteiger charge is -2.36. The van der Waals surface area contributed by atoms with E-state index in [9.17, 15) is 19.5 Å². The summed E-state index contributed by atoms with van der Waals surface area (Å²) in [6.45, 7) is 1.04. The Kier molecular flexibility index (Phi) is 3.63. The molecular formula is C15H22N2O4. The lowest BCUT2D eigenvalue weighted by atomic mass is 9.78. The van der Waals surface area contributed by atoms with Gasteiger partial charge >= 0.3 is 5.97 Å². The highest BCUT2D eigenvalue weighted by atomic mass is 16.4. The van der Waals surface area contributed by atoms with Crippen LogP contribution in [0, 0.1) is 29.6 Å². The lowest BCUT2D eigenvalue weighted by Crippen LogP contribution is -2.48. The number of carbonyl (C=O) groups is 3. The standard InChI is InChI=1S/C15H22N2O4/c16-13(18)8-3-5-17(6-4-8)14(19)11-9-1-2-10(7-9)12(11)15(20)21/h8-12H,1-7H2,(H2,16,18)(H,20,21)/t9-,10-,11-,12+/m0/s1. The maximum atomic E-state index is 12.7. The van der Waals surface area contributed by atoms with Gasteiger partial charge in [0, 0.05) is 19.0 Å². The first-order chi connectivity index (χ1) is 9.99. The van der Waals surface area contributed by atoms with Gasteiger partial charge in [0.2, 0.25) is 11.8 Å². The SMILES string of the molecule is NC(=O)C1CCN(C(=O)[C@H]2[C@H]3CC[C@@H](C3)[C@H]2C(=O)O)CC1. The zero-order valence-corrected chi connectivity index (χ0v) is 12.0. The van der Waals surface area contributed by atoms with Crippen LogP contribution in [-0.2, 0) is 14.4 Å². The maximum Gasteiger partial charge on any atom is 0.307 e. The summed E-state index contributed by atoms with van der Waals surface area (Å²) in [5.41, 5.74) is 5.30. The highest BCUT2D eigenvalue weighted by Crippen LogP contribution is 2.53. The number of likely N-dealkylation sites (tertiary alicyclic amines) is 1. The number of rotatable bonds is 3. The molecule has 2 saturated carbocycles. The molecule has 4 atom stereocenters. The van der Waals surface area contributed by atoms with E-state index in [1.807, 2.05) is 0 Å². The Bertz CT molecular complexity index is 470. The van der Waals surface area contributed by atoms with Crippen molar-refractivity contribution >= 4 is 17.8 Å². The first kappa shape index (κ1) is 14.4. The molecule has 3 fully saturated rings. The monoisotopic (exact) mass is 294 g/mol. The molecule has 0 spiro atoms. The van der Waals surface area contributed by atoms with Crippen LogP contribution < -0.4 is 5.73 Å². The Morgan fingerprint density at radius 3 is 2.05 bits per heavy atom. The van der Waals surface area contributed by atoms with Crippen LogP contribution in [0.2, 0.25) is 0 Å². The molecule has 2 amide bonds. The molecule has 21 heavy (non-hydrogen) atoms. The number of fused-ring (bicyclic) bond motifs is 2. The van der Waals surface area contributed by atoms with Crippen LogP contribution in [0.4, 0.5) is 0 Å². The fraction of sp³-hybridized carbons (Fsp3) is 0.800. The summed E-state index contributed by atoms with van der Waals surface area (Å²) in [6, 6.07) is 0. The summed E-state index contributed by atoms with van der Waals surface area (Å²) in [5.74, 6) is -1.75. The molecule has 0 radical (unpaired) electrons. The number of nitrogens with zero attached hydrogens (tertiary/aromatic N) is 1. The molecule has 0 aromatic carbocycles. The lowest BCUT2D eigenvalue weighted by molar-refractivity contribution is -0.153. The number of aliphatic carboxylic acids is 1. The van der Waals surface area contributed by atoms with Crippen molar-refractivity contribution in [1.29, 1.82) is 0 Å². The van der Waals surface area contributed by atoms with Crippen molar-refractivity contribution in [3.05, 3.63) is 0 Å². The van der Waals surface area contributed by atoms with Gasteiger partial charge in [-0.25, -0.2) is 0 Å². The molecule has 2 aliphatic carbocycles. The topological polar surface area (TPSA) is 101 Å². The average Bonchev–Trinajstić information content (AvgIpc) is 3.07. The summed E-state index contributed by atoms with van der Waals surface area (Å²) in [7, 11) is 0. The summed E-state index contributed by atoms with van der Waals surface area (Å²) in [4.78, 5) is 37.2. The number of hydrogen-bond donors (Lipinski definition) is 2. The molecule has 6 heteroatoms. The van der Waals surface area contributed by atoms with Gasteiger partial charge in [0.1, 0.15) is 0 Å². The quantitative estimate of drug-likeness (QED) is 0.789. The van der Waals surface area contributed by atoms with Crippen molar-refractivity contribution in [2.75, 3.05) is 13.1 Å². The maximum absolute atomic E-state index is 12.7. The van der Waals surface area contributed by atoms with Crippen LogP contribution in [0.3, 0.4) is 0 Å². The minimum Gasteiger partial charge on any atom is -0.481 e. The second-order valence-electron chi connectivity index (χ2n) is 6.72. The normalized spacial score (nSPS) is 35.9. The third-order valence-corrected chi connectivity index (χ3v) is 5.70. The van der Waals surface area contributed by atoms with Crippen molar-refractivity contribution in [2.24, 2.45) is 35.3 Å². The third kappa shape index (κ3) is 2.40. The summed E-state index contributed by atoms with van der Waals surface area (Å²) in [6.07, 6.45) is 3.99. The number of piperidine rings is 1. The van der Waals surface area contributed by atoms with Gasteiger partial charge in [-0.2, -0.15) is 0 Å². The van der Waals surface area contributed by atoms with Crippen LogP contribution in [0.25, 0.3) is 0 Å². The van der Waals surface area contributed by atoms with Gasteiger partial charge in [0.05, 0.1) is 11.8 Å². The number of amides is 2. The molecule has 3 N–H and O–H groups in total. The number of hydrogen-bond acceptors (Lipinski definition) is 3. The van der Waals surface area contributed by atoms with E-state index < -0.39 is 11.9 Å². The smallest absolute Gasteiger partial charge is 0.307 e. The predicted octanol–water partition coefficient (Wildman–Crippen LogP) is 0.457. The van der Waals surface area contributed by atoms with E-state index in [0.29, 0.717) is 25.9 Å². The number of primary amides is 1. The van der Waals surface area contributed by atoms with Crippen molar-refractivity contribution in [2.45, 2.75) is 32.1 Å². The number of nitrogens with two attached hydrogens (primary N) is 1. The third-order valence-electron chi connectivity index (χ3n) is 5.70. The molecule has 1 aliphatic heterocycles. The molecule has 1 saturated heterocycles. The summed E-state index contributed by atoms with van der Waals surface area (Å²) >= 11 is 0. The van der Waals surface area contributed by atoms with Gasteiger partial charge in [0.15, 0.2) is 0 Å². The summed E-state index contributed by atoms with van der Waals surface area (Å²) < 4.78 is 0. The Hall–Kier alpha value is -1.59. The van der Waals surface area contributed by atoms with Crippen LogP contribution >= 0.6 is 0 Å². The average molecular weight is 294 g/mol. The molecule has 0 aromatic heterocycles. The van der Waals surface area contributed by atoms with E-state index in [0.717, 1.165) is 19.3 Å². The van der Waals surface area contributed by atoms with Crippen molar-refractivity contribution in [3.63, 3.8) is 0 Å². The van der Waals surface area contributed by atoms with E-state index in [1.165, 1.54) is 0 Å². The Labute approximate surface area is 123 Å².